The van der Waals surface area contributed by atoms with E-state index in [-0.39, 0.29) is 0 Å². The predicted molar refractivity (Wildman–Crippen MR) is 39.7 cm³/mol. The molecule has 0 aromatic carbocycles. The van der Waals surface area contributed by atoms with E-state index in [0.29, 0.717) is 5.82 Å². The summed E-state index contributed by atoms with van der Waals surface area (Å²) in [6, 6.07) is 0. The molecule has 3 nitrogen and oxygen atoms in total. The maximum Gasteiger partial charge on any atom is 0.164 e. The van der Waals surface area contributed by atoms with Crippen molar-refractivity contribution >= 4 is 38.2 Å². The molecule has 2 N–H and O–H groups in total. The monoisotopic (exact) mass is 157 g/mol. The number of hydrogen-bond acceptors (Lipinski definition) is 5. The molecule has 0 unspecified atom stereocenters. The Labute approximate surface area is 59.3 Å². The van der Waals surface area contributed by atoms with E-state index < -0.39 is 0 Å². The summed E-state index contributed by atoms with van der Waals surface area (Å²) in [5, 5.41) is 0. The minimum Gasteiger partial charge on any atom is -0.381 e. The maximum absolute atomic E-state index is 5.46. The van der Waals surface area contributed by atoms with Gasteiger partial charge in [0.05, 0.1) is 5.51 Å². The quantitative estimate of drug-likeness (QED) is 0.627. The zero-order valence-electron chi connectivity index (χ0n) is 4.37. The highest BCUT2D eigenvalue weighted by Crippen LogP contribution is 2.26. The Morgan fingerprint density at radius 2 is 2.44 bits per heavy atom. The van der Waals surface area contributed by atoms with Crippen molar-refractivity contribution in [3.63, 3.8) is 0 Å². The third kappa shape index (κ3) is 0.617. The van der Waals surface area contributed by atoms with Crippen LogP contribution in [0.4, 0.5) is 5.82 Å². The summed E-state index contributed by atoms with van der Waals surface area (Å²) < 4.78 is 5.03. The fraction of sp³-hybridized carbons (Fsp3) is 0. The highest BCUT2D eigenvalue weighted by molar-refractivity contribution is 7.35. The van der Waals surface area contributed by atoms with Crippen LogP contribution in [-0.2, 0) is 0 Å². The fourth-order valence-electron chi connectivity index (χ4n) is 0.605. The normalized spacial score (nSPS) is 10.7. The van der Waals surface area contributed by atoms with Crippen LogP contribution in [0.3, 0.4) is 0 Å². The molecule has 0 atom stereocenters. The van der Waals surface area contributed by atoms with E-state index in [4.69, 9.17) is 5.73 Å². The number of hydrogen-bond donors (Lipinski definition) is 1. The number of nitrogens with zero attached hydrogens (tertiary/aromatic N) is 2. The zero-order valence-corrected chi connectivity index (χ0v) is 6.00. The van der Waals surface area contributed by atoms with Crippen LogP contribution in [0.5, 0.6) is 0 Å². The summed E-state index contributed by atoms with van der Waals surface area (Å²) in [6.07, 6.45) is 0. The molecule has 2 aromatic heterocycles. The van der Waals surface area contributed by atoms with Crippen molar-refractivity contribution in [2.75, 3.05) is 5.73 Å². The van der Waals surface area contributed by atoms with Crippen LogP contribution in [0.15, 0.2) is 5.51 Å². The van der Waals surface area contributed by atoms with Crippen molar-refractivity contribution in [2.45, 2.75) is 0 Å². The van der Waals surface area contributed by atoms with Crippen LogP contribution < -0.4 is 5.73 Å². The molecule has 0 fully saturated rings. The standard InChI is InChI=1S/C4H3N3S2/c5-3-2-4(9-7-3)8-1-6-2/h1H,(H2,5,7). The molecule has 2 heterocycles. The molecule has 0 aliphatic rings. The lowest BCUT2D eigenvalue weighted by atomic mass is 10.6. The molecule has 2 aromatic rings. The SMILES string of the molecule is Nc1nsc2scnc12. The molecule has 46 valence electrons. The molecule has 5 heteroatoms. The number of nitrogen functional groups attached to an aromatic ring is 1. The Balaban J connectivity index is 2.99. The van der Waals surface area contributed by atoms with Crippen molar-refractivity contribution in [1.29, 1.82) is 0 Å². The van der Waals surface area contributed by atoms with Gasteiger partial charge in [-0.2, -0.15) is 4.37 Å². The highest BCUT2D eigenvalue weighted by Gasteiger charge is 2.02. The number of fused-ring (bicyclic) bond motifs is 1. The van der Waals surface area contributed by atoms with E-state index >= 15 is 0 Å². The van der Waals surface area contributed by atoms with Gasteiger partial charge in [0.25, 0.3) is 0 Å². The van der Waals surface area contributed by atoms with Gasteiger partial charge in [-0.15, -0.1) is 11.3 Å². The Bertz CT molecular complexity index is 323. The van der Waals surface area contributed by atoms with E-state index in [2.05, 4.69) is 9.36 Å². The summed E-state index contributed by atoms with van der Waals surface area (Å²) >= 11 is 2.97. The summed E-state index contributed by atoms with van der Waals surface area (Å²) in [7, 11) is 0. The third-order valence-electron chi connectivity index (χ3n) is 1.00. The lowest BCUT2D eigenvalue weighted by Crippen LogP contribution is -1.82. The summed E-state index contributed by atoms with van der Waals surface area (Å²) in [5.41, 5.74) is 8.09. The first-order valence-electron chi connectivity index (χ1n) is 2.32. The van der Waals surface area contributed by atoms with Gasteiger partial charge in [0.2, 0.25) is 0 Å². The molecule has 0 spiro atoms. The van der Waals surface area contributed by atoms with E-state index in [1.807, 2.05) is 0 Å². The lowest BCUT2D eigenvalue weighted by Gasteiger charge is -1.74. The fourth-order valence-corrected chi connectivity index (χ4v) is 2.05. The molecule has 9 heavy (non-hydrogen) atoms. The molecule has 0 amide bonds. The van der Waals surface area contributed by atoms with Gasteiger partial charge in [-0.3, -0.25) is 0 Å². The first-order valence-corrected chi connectivity index (χ1v) is 3.97. The van der Waals surface area contributed by atoms with Crippen molar-refractivity contribution < 1.29 is 0 Å². The topological polar surface area (TPSA) is 51.8 Å². The van der Waals surface area contributed by atoms with Gasteiger partial charge in [0.1, 0.15) is 9.53 Å². The minimum absolute atomic E-state index is 0.552. The maximum atomic E-state index is 5.46. The summed E-state index contributed by atoms with van der Waals surface area (Å²) in [6.45, 7) is 0. The number of thiazole rings is 1. The number of anilines is 1. The third-order valence-corrected chi connectivity index (χ3v) is 2.78. The molecule has 0 aliphatic heterocycles. The highest BCUT2D eigenvalue weighted by atomic mass is 32.2. The first kappa shape index (κ1) is 5.13. The van der Waals surface area contributed by atoms with Gasteiger partial charge in [0.15, 0.2) is 5.82 Å². The molecular weight excluding hydrogens is 154 g/mol. The molecule has 0 saturated carbocycles. The summed E-state index contributed by atoms with van der Waals surface area (Å²) in [5.74, 6) is 0.552. The van der Waals surface area contributed by atoms with Gasteiger partial charge in [-0.1, -0.05) is 0 Å². The van der Waals surface area contributed by atoms with E-state index in [1.165, 1.54) is 11.5 Å². The average Bonchev–Trinajstić information content (AvgIpc) is 2.35. The van der Waals surface area contributed by atoms with Gasteiger partial charge in [-0.05, 0) is 11.5 Å². The second kappa shape index (κ2) is 1.65. The Hall–Kier alpha value is -0.680. The van der Waals surface area contributed by atoms with E-state index in [9.17, 15) is 0 Å². The van der Waals surface area contributed by atoms with Crippen molar-refractivity contribution in [1.82, 2.24) is 9.36 Å². The zero-order chi connectivity index (χ0) is 6.27. The summed E-state index contributed by atoms with van der Waals surface area (Å²) in [4.78, 5) is 4.02. The van der Waals surface area contributed by atoms with Crippen molar-refractivity contribution in [3.05, 3.63) is 5.51 Å². The molecule has 0 aliphatic carbocycles. The molecule has 2 rings (SSSR count). The van der Waals surface area contributed by atoms with Crippen LogP contribution >= 0.6 is 22.9 Å². The van der Waals surface area contributed by atoms with Gasteiger partial charge in [-0.25, -0.2) is 4.98 Å². The van der Waals surface area contributed by atoms with Crippen molar-refractivity contribution in [2.24, 2.45) is 0 Å². The van der Waals surface area contributed by atoms with Crippen LogP contribution in [0.2, 0.25) is 0 Å². The van der Waals surface area contributed by atoms with E-state index in [1.54, 1.807) is 16.8 Å². The van der Waals surface area contributed by atoms with Crippen LogP contribution in [-0.4, -0.2) is 9.36 Å². The largest absolute Gasteiger partial charge is 0.381 e. The first-order chi connectivity index (χ1) is 4.38. The average molecular weight is 157 g/mol. The number of aromatic nitrogens is 2. The minimum atomic E-state index is 0.552. The van der Waals surface area contributed by atoms with Crippen LogP contribution in [0, 0.1) is 0 Å². The van der Waals surface area contributed by atoms with Crippen LogP contribution in [0.25, 0.3) is 9.53 Å². The number of nitrogens with two attached hydrogens (primary N) is 1. The second-order valence-corrected chi connectivity index (χ2v) is 3.44. The molecule has 0 saturated heterocycles. The van der Waals surface area contributed by atoms with Gasteiger partial charge < -0.3 is 5.73 Å². The second-order valence-electron chi connectivity index (χ2n) is 1.56. The smallest absolute Gasteiger partial charge is 0.164 e. The Morgan fingerprint density at radius 3 is 3.22 bits per heavy atom. The molecule has 0 bridgehead atoms. The predicted octanol–water partition coefficient (Wildman–Crippen LogP) is 1.33. The lowest BCUT2D eigenvalue weighted by molar-refractivity contribution is 1.47. The molecular formula is C4H3N3S2. The number of rotatable bonds is 0. The van der Waals surface area contributed by atoms with E-state index in [0.717, 1.165) is 9.53 Å². The van der Waals surface area contributed by atoms with Crippen molar-refractivity contribution in [3.8, 4) is 0 Å². The van der Waals surface area contributed by atoms with Crippen LogP contribution in [0.1, 0.15) is 0 Å². The Kier molecular flexibility index (Phi) is 0.940. The molecule has 0 radical (unpaired) electrons. The Morgan fingerprint density at radius 1 is 1.56 bits per heavy atom. The van der Waals surface area contributed by atoms with Gasteiger partial charge in [0, 0.05) is 0 Å². The van der Waals surface area contributed by atoms with Gasteiger partial charge >= 0.3 is 0 Å².